The minimum Gasteiger partial charge on any atom is -0.371 e. The lowest BCUT2D eigenvalue weighted by molar-refractivity contribution is 0.0200. The molecule has 0 saturated carbocycles. The Hall–Kier alpha value is -2.99. The third-order valence-corrected chi connectivity index (χ3v) is 4.66. The maximum atomic E-state index is 12.9. The Balaban J connectivity index is 1.52. The zero-order chi connectivity index (χ0) is 17.9. The highest BCUT2D eigenvalue weighted by molar-refractivity contribution is 5.94. The van der Waals surface area contributed by atoms with E-state index < -0.39 is 0 Å². The van der Waals surface area contributed by atoms with Crippen LogP contribution >= 0.6 is 0 Å². The number of carbonyl (C=O) groups is 1. The standard InChI is InChI=1S/C20H20N4O2/c1-23(14-19-18-8-3-2-5-15(18)9-12-26-19)20(25)16-6-4-7-17(13-16)24-11-10-21-22-24/h2-8,10-11,13,19H,9,12,14H2,1H3/t19-/m1/s1. The molecule has 1 aliphatic rings. The number of nitrogens with zero attached hydrogens (tertiary/aromatic N) is 4. The summed E-state index contributed by atoms with van der Waals surface area (Å²) < 4.78 is 7.56. The smallest absolute Gasteiger partial charge is 0.253 e. The topological polar surface area (TPSA) is 60.2 Å². The summed E-state index contributed by atoms with van der Waals surface area (Å²) in [4.78, 5) is 14.6. The van der Waals surface area contributed by atoms with Crippen LogP contribution in [0.2, 0.25) is 0 Å². The first-order chi connectivity index (χ1) is 12.7. The maximum Gasteiger partial charge on any atom is 0.253 e. The molecule has 26 heavy (non-hydrogen) atoms. The van der Waals surface area contributed by atoms with E-state index in [0.717, 1.165) is 12.1 Å². The van der Waals surface area contributed by atoms with Crippen LogP contribution in [0.3, 0.4) is 0 Å². The minimum atomic E-state index is -0.0904. The molecule has 4 rings (SSSR count). The second kappa shape index (κ2) is 7.09. The molecule has 0 radical (unpaired) electrons. The van der Waals surface area contributed by atoms with Gasteiger partial charge in [-0.2, -0.15) is 0 Å². The number of carbonyl (C=O) groups excluding carboxylic acids is 1. The van der Waals surface area contributed by atoms with Crippen LogP contribution in [0.5, 0.6) is 0 Å². The van der Waals surface area contributed by atoms with Crippen LogP contribution in [0, 0.1) is 0 Å². The fourth-order valence-corrected chi connectivity index (χ4v) is 3.31. The van der Waals surface area contributed by atoms with Gasteiger partial charge in [0.2, 0.25) is 0 Å². The minimum absolute atomic E-state index is 0.0429. The van der Waals surface area contributed by atoms with Crippen molar-refractivity contribution in [3.05, 3.63) is 77.6 Å². The van der Waals surface area contributed by atoms with Crippen molar-refractivity contribution in [2.24, 2.45) is 0 Å². The molecule has 0 N–H and O–H groups in total. The lowest BCUT2D eigenvalue weighted by Crippen LogP contribution is -2.33. The second-order valence-electron chi connectivity index (χ2n) is 6.39. The number of ether oxygens (including phenoxy) is 1. The Morgan fingerprint density at radius 1 is 1.27 bits per heavy atom. The number of likely N-dealkylation sites (N-methyl/N-ethyl adjacent to an activating group) is 1. The highest BCUT2D eigenvalue weighted by Crippen LogP contribution is 2.27. The van der Waals surface area contributed by atoms with Crippen molar-refractivity contribution in [3.63, 3.8) is 0 Å². The largest absolute Gasteiger partial charge is 0.371 e. The Labute approximate surface area is 152 Å². The monoisotopic (exact) mass is 348 g/mol. The molecule has 0 fully saturated rings. The van der Waals surface area contributed by atoms with Crippen LogP contribution in [-0.4, -0.2) is 46.0 Å². The van der Waals surface area contributed by atoms with Gasteiger partial charge in [-0.3, -0.25) is 4.79 Å². The van der Waals surface area contributed by atoms with E-state index in [-0.39, 0.29) is 12.0 Å². The number of aromatic nitrogens is 3. The van der Waals surface area contributed by atoms with Crippen LogP contribution in [0.15, 0.2) is 60.9 Å². The highest BCUT2D eigenvalue weighted by Gasteiger charge is 2.24. The van der Waals surface area contributed by atoms with E-state index in [1.165, 1.54) is 11.1 Å². The molecular weight excluding hydrogens is 328 g/mol. The first-order valence-electron chi connectivity index (χ1n) is 8.64. The lowest BCUT2D eigenvalue weighted by Gasteiger charge is -2.29. The molecule has 0 spiro atoms. The number of benzene rings is 2. The van der Waals surface area contributed by atoms with Crippen molar-refractivity contribution in [2.45, 2.75) is 12.5 Å². The summed E-state index contributed by atoms with van der Waals surface area (Å²) >= 11 is 0. The van der Waals surface area contributed by atoms with E-state index in [9.17, 15) is 4.79 Å². The van der Waals surface area contributed by atoms with Crippen molar-refractivity contribution < 1.29 is 9.53 Å². The van der Waals surface area contributed by atoms with Gasteiger partial charge in [-0.25, -0.2) is 4.68 Å². The Morgan fingerprint density at radius 3 is 3.00 bits per heavy atom. The summed E-state index contributed by atoms with van der Waals surface area (Å²) in [6, 6.07) is 15.7. The average molecular weight is 348 g/mol. The van der Waals surface area contributed by atoms with Crippen molar-refractivity contribution in [1.82, 2.24) is 19.9 Å². The van der Waals surface area contributed by atoms with E-state index >= 15 is 0 Å². The fourth-order valence-electron chi connectivity index (χ4n) is 3.31. The highest BCUT2D eigenvalue weighted by atomic mass is 16.5. The second-order valence-corrected chi connectivity index (χ2v) is 6.39. The van der Waals surface area contributed by atoms with E-state index in [0.29, 0.717) is 18.7 Å². The summed E-state index contributed by atoms with van der Waals surface area (Å²) in [5.74, 6) is -0.0429. The molecule has 3 aromatic rings. The van der Waals surface area contributed by atoms with Crippen LogP contribution in [0.25, 0.3) is 5.69 Å². The number of hydrogen-bond donors (Lipinski definition) is 0. The molecule has 1 amide bonds. The van der Waals surface area contributed by atoms with Crippen LogP contribution in [-0.2, 0) is 11.2 Å². The quantitative estimate of drug-likeness (QED) is 0.727. The van der Waals surface area contributed by atoms with Crippen LogP contribution in [0.1, 0.15) is 27.6 Å². The van der Waals surface area contributed by atoms with Gasteiger partial charge in [0.25, 0.3) is 5.91 Å². The van der Waals surface area contributed by atoms with Gasteiger partial charge in [0.05, 0.1) is 31.2 Å². The molecular formula is C20H20N4O2. The van der Waals surface area contributed by atoms with Crippen molar-refractivity contribution in [3.8, 4) is 5.69 Å². The zero-order valence-electron chi connectivity index (χ0n) is 14.6. The van der Waals surface area contributed by atoms with Crippen molar-refractivity contribution >= 4 is 5.91 Å². The normalized spacial score (nSPS) is 16.1. The van der Waals surface area contributed by atoms with E-state index in [4.69, 9.17) is 4.74 Å². The summed E-state index contributed by atoms with van der Waals surface area (Å²) in [5, 5.41) is 7.78. The number of hydrogen-bond acceptors (Lipinski definition) is 4. The lowest BCUT2D eigenvalue weighted by atomic mass is 9.97. The molecule has 2 aromatic carbocycles. The average Bonchev–Trinajstić information content (AvgIpc) is 3.23. The van der Waals surface area contributed by atoms with Gasteiger partial charge in [-0.05, 0) is 35.7 Å². The van der Waals surface area contributed by atoms with Gasteiger partial charge in [0.15, 0.2) is 0 Å². The molecule has 1 aromatic heterocycles. The predicted octanol–water partition coefficient (Wildman–Crippen LogP) is 2.65. The molecule has 2 heterocycles. The molecule has 6 heteroatoms. The first-order valence-corrected chi connectivity index (χ1v) is 8.64. The van der Waals surface area contributed by atoms with Gasteiger partial charge in [-0.15, -0.1) is 5.10 Å². The van der Waals surface area contributed by atoms with Crippen LogP contribution < -0.4 is 0 Å². The van der Waals surface area contributed by atoms with Gasteiger partial charge in [0, 0.05) is 12.6 Å². The van der Waals surface area contributed by atoms with Gasteiger partial charge >= 0.3 is 0 Å². The third-order valence-electron chi connectivity index (χ3n) is 4.66. The summed E-state index contributed by atoms with van der Waals surface area (Å²) in [6.07, 6.45) is 4.19. The molecule has 0 unspecified atom stereocenters. The number of amides is 1. The Bertz CT molecular complexity index is 908. The van der Waals surface area contributed by atoms with E-state index in [1.54, 1.807) is 22.0 Å². The third kappa shape index (κ3) is 3.23. The molecule has 6 nitrogen and oxygen atoms in total. The SMILES string of the molecule is CN(C[C@H]1OCCc2ccccc21)C(=O)c1cccc(-n2ccnn2)c1. The molecule has 0 saturated heterocycles. The summed E-state index contributed by atoms with van der Waals surface area (Å²) in [7, 11) is 1.81. The summed E-state index contributed by atoms with van der Waals surface area (Å²) in [6.45, 7) is 1.20. The zero-order valence-corrected chi connectivity index (χ0v) is 14.6. The fraction of sp³-hybridized carbons (Fsp3) is 0.250. The Kier molecular flexibility index (Phi) is 4.50. The summed E-state index contributed by atoms with van der Waals surface area (Å²) in [5.41, 5.74) is 3.90. The molecule has 132 valence electrons. The number of fused-ring (bicyclic) bond motifs is 1. The molecule has 0 bridgehead atoms. The van der Waals surface area contributed by atoms with Gasteiger partial charge < -0.3 is 9.64 Å². The predicted molar refractivity (Wildman–Crippen MR) is 97.2 cm³/mol. The molecule has 1 atom stereocenters. The molecule has 0 aliphatic carbocycles. The van der Waals surface area contributed by atoms with E-state index in [1.807, 2.05) is 43.4 Å². The first kappa shape index (κ1) is 16.5. The maximum absolute atomic E-state index is 12.9. The number of rotatable bonds is 4. The van der Waals surface area contributed by atoms with Crippen molar-refractivity contribution in [1.29, 1.82) is 0 Å². The van der Waals surface area contributed by atoms with Crippen LogP contribution in [0.4, 0.5) is 0 Å². The molecule has 1 aliphatic heterocycles. The van der Waals surface area contributed by atoms with E-state index in [2.05, 4.69) is 22.4 Å². The van der Waals surface area contributed by atoms with Gasteiger partial charge in [-0.1, -0.05) is 35.5 Å². The van der Waals surface area contributed by atoms with Crippen molar-refractivity contribution in [2.75, 3.05) is 20.2 Å². The van der Waals surface area contributed by atoms with Gasteiger partial charge in [0.1, 0.15) is 6.10 Å². The Morgan fingerprint density at radius 2 is 2.15 bits per heavy atom.